The second-order valence-electron chi connectivity index (χ2n) is 5.84. The van der Waals surface area contributed by atoms with Gasteiger partial charge in [0, 0.05) is 10.6 Å². The largest absolute Gasteiger partial charge is 0.508 e. The van der Waals surface area contributed by atoms with Gasteiger partial charge in [-0.1, -0.05) is 17.7 Å². The maximum Gasteiger partial charge on any atom is 0.417 e. The van der Waals surface area contributed by atoms with E-state index in [4.69, 9.17) is 16.7 Å². The van der Waals surface area contributed by atoms with Gasteiger partial charge >= 0.3 is 18.3 Å². The normalized spacial score (nSPS) is 14.0. The van der Waals surface area contributed by atoms with Crippen LogP contribution < -0.4 is 0 Å². The van der Waals surface area contributed by atoms with Crippen molar-refractivity contribution in [1.82, 2.24) is 0 Å². The Hall–Kier alpha value is -2.75. The second-order valence-corrected chi connectivity index (χ2v) is 6.28. The van der Waals surface area contributed by atoms with Crippen LogP contribution in [0.3, 0.4) is 0 Å². The first-order valence-corrected chi connectivity index (χ1v) is 7.96. The Kier molecular flexibility index (Phi) is 6.17. The zero-order valence-corrected chi connectivity index (χ0v) is 14.7. The highest BCUT2D eigenvalue weighted by Crippen LogP contribution is 2.41. The number of carbonyl (C=O) groups is 1. The third-order valence-corrected chi connectivity index (χ3v) is 3.98. The summed E-state index contributed by atoms with van der Waals surface area (Å²) >= 11 is 5.59. The lowest BCUT2D eigenvalue weighted by Crippen LogP contribution is -2.19. The van der Waals surface area contributed by atoms with E-state index in [-0.39, 0.29) is 17.2 Å². The molecule has 156 valence electrons. The summed E-state index contributed by atoms with van der Waals surface area (Å²) in [6, 6.07) is 3.62. The summed E-state index contributed by atoms with van der Waals surface area (Å²) < 4.78 is 93.7. The molecule has 0 spiro atoms. The molecule has 0 amide bonds. The van der Waals surface area contributed by atoms with E-state index >= 15 is 0 Å². The van der Waals surface area contributed by atoms with Gasteiger partial charge in [0.25, 0.3) is 0 Å². The molecule has 0 fully saturated rings. The first kappa shape index (κ1) is 22.5. The molecular weight excluding hydrogens is 433 g/mol. The number of benzene rings is 2. The van der Waals surface area contributed by atoms with Crippen molar-refractivity contribution in [2.45, 2.75) is 18.3 Å². The monoisotopic (exact) mass is 442 g/mol. The molecule has 2 N–H and O–H groups in total. The predicted octanol–water partition coefficient (Wildman–Crippen LogP) is 6.42. The molecule has 1 unspecified atom stereocenters. The molecule has 2 rings (SSSR count). The third-order valence-electron chi connectivity index (χ3n) is 3.76. The number of carboxylic acid groups (broad SMARTS) is 1. The van der Waals surface area contributed by atoms with Crippen molar-refractivity contribution < 1.29 is 45.7 Å². The highest BCUT2D eigenvalue weighted by atomic mass is 35.5. The molecule has 0 saturated heterocycles. The molecule has 0 aromatic heterocycles. The molecule has 0 radical (unpaired) electrons. The number of allylic oxidation sites excluding steroid dienone is 1. The fraction of sp³-hybridized carbons (Fsp3) is 0.167. The van der Waals surface area contributed by atoms with Crippen LogP contribution in [-0.4, -0.2) is 22.4 Å². The van der Waals surface area contributed by atoms with Crippen LogP contribution in [0.5, 0.6) is 5.75 Å². The zero-order chi connectivity index (χ0) is 22.1. The van der Waals surface area contributed by atoms with Gasteiger partial charge in [0.15, 0.2) is 0 Å². The standard InChI is InChI=1S/C18H10ClF7O3/c19-10-3-9(4-11(27)6-10)13(17(21,22)23)7-15(20)8-1-2-12(16(28)29)14(5-8)18(24,25)26/h1-7,13,27H,(H,28,29)/b15-7-. The van der Waals surface area contributed by atoms with Gasteiger partial charge in [0.1, 0.15) is 17.5 Å². The minimum Gasteiger partial charge on any atom is -0.508 e. The number of hydrogen-bond donors (Lipinski definition) is 2. The summed E-state index contributed by atoms with van der Waals surface area (Å²) in [7, 11) is 0. The highest BCUT2D eigenvalue weighted by Gasteiger charge is 2.40. The maximum atomic E-state index is 14.5. The Bertz CT molecular complexity index is 945. The molecule has 0 aliphatic heterocycles. The van der Waals surface area contributed by atoms with Gasteiger partial charge in [0.2, 0.25) is 0 Å². The number of hydrogen-bond acceptors (Lipinski definition) is 2. The average molecular weight is 443 g/mol. The van der Waals surface area contributed by atoms with Crippen LogP contribution in [-0.2, 0) is 6.18 Å². The summed E-state index contributed by atoms with van der Waals surface area (Å²) in [6.45, 7) is 0. The van der Waals surface area contributed by atoms with Crippen molar-refractivity contribution in [2.75, 3.05) is 0 Å². The van der Waals surface area contributed by atoms with E-state index in [0.717, 1.165) is 12.1 Å². The molecule has 0 saturated carbocycles. The Morgan fingerprint density at radius 1 is 1.03 bits per heavy atom. The van der Waals surface area contributed by atoms with Crippen molar-refractivity contribution in [3.63, 3.8) is 0 Å². The minimum atomic E-state index is -5.17. The fourth-order valence-corrected chi connectivity index (χ4v) is 2.75. The fourth-order valence-electron chi connectivity index (χ4n) is 2.51. The quantitative estimate of drug-likeness (QED) is 0.537. The number of phenols is 1. The van der Waals surface area contributed by atoms with E-state index < -0.39 is 58.1 Å². The maximum absolute atomic E-state index is 14.5. The molecule has 0 aliphatic carbocycles. The summed E-state index contributed by atoms with van der Waals surface area (Å²) in [4.78, 5) is 10.9. The van der Waals surface area contributed by atoms with Crippen LogP contribution in [0.1, 0.15) is 33.0 Å². The molecule has 0 heterocycles. The van der Waals surface area contributed by atoms with Gasteiger partial charge < -0.3 is 10.2 Å². The van der Waals surface area contributed by atoms with E-state index in [1.165, 1.54) is 0 Å². The Morgan fingerprint density at radius 3 is 2.14 bits per heavy atom. The van der Waals surface area contributed by atoms with Gasteiger partial charge in [-0.05, 0) is 42.0 Å². The van der Waals surface area contributed by atoms with E-state index in [2.05, 4.69) is 0 Å². The molecule has 11 heteroatoms. The predicted molar refractivity (Wildman–Crippen MR) is 89.4 cm³/mol. The Labute approximate surface area is 163 Å². The van der Waals surface area contributed by atoms with Gasteiger partial charge in [-0.3, -0.25) is 0 Å². The van der Waals surface area contributed by atoms with E-state index in [0.29, 0.717) is 18.2 Å². The van der Waals surface area contributed by atoms with Gasteiger partial charge in [-0.15, -0.1) is 0 Å². The van der Waals surface area contributed by atoms with Crippen LogP contribution >= 0.6 is 11.6 Å². The van der Waals surface area contributed by atoms with Crippen molar-refractivity contribution in [1.29, 1.82) is 0 Å². The summed E-state index contributed by atoms with van der Waals surface area (Å²) in [5, 5.41) is 18.0. The second kappa shape index (κ2) is 7.94. The number of aromatic hydroxyl groups is 1. The smallest absolute Gasteiger partial charge is 0.417 e. The molecular formula is C18H10ClF7O3. The van der Waals surface area contributed by atoms with Crippen LogP contribution in [0.15, 0.2) is 42.5 Å². The molecule has 29 heavy (non-hydrogen) atoms. The van der Waals surface area contributed by atoms with Crippen LogP contribution in [0.4, 0.5) is 30.7 Å². The number of rotatable bonds is 4. The van der Waals surface area contributed by atoms with Gasteiger partial charge in [-0.2, -0.15) is 26.3 Å². The molecule has 1 atom stereocenters. The lowest BCUT2D eigenvalue weighted by atomic mass is 9.95. The number of carboxylic acids is 1. The Balaban J connectivity index is 2.60. The molecule has 0 bridgehead atoms. The molecule has 0 aliphatic rings. The van der Waals surface area contributed by atoms with E-state index in [1.54, 1.807) is 0 Å². The summed E-state index contributed by atoms with van der Waals surface area (Å²) in [5.41, 5.74) is -4.44. The summed E-state index contributed by atoms with van der Waals surface area (Å²) in [6.07, 6.45) is -10.2. The van der Waals surface area contributed by atoms with Crippen LogP contribution in [0.2, 0.25) is 5.02 Å². The lowest BCUT2D eigenvalue weighted by molar-refractivity contribution is -0.140. The van der Waals surface area contributed by atoms with Crippen molar-refractivity contribution >= 4 is 23.4 Å². The number of halogens is 8. The summed E-state index contributed by atoms with van der Waals surface area (Å²) in [5.74, 6) is -6.87. The Morgan fingerprint density at radius 2 is 1.66 bits per heavy atom. The first-order valence-electron chi connectivity index (χ1n) is 7.58. The van der Waals surface area contributed by atoms with Crippen molar-refractivity contribution in [2.24, 2.45) is 0 Å². The highest BCUT2D eigenvalue weighted by molar-refractivity contribution is 6.30. The molecule has 2 aromatic rings. The zero-order valence-electron chi connectivity index (χ0n) is 13.9. The van der Waals surface area contributed by atoms with Crippen molar-refractivity contribution in [3.8, 4) is 5.75 Å². The first-order chi connectivity index (χ1) is 13.2. The van der Waals surface area contributed by atoms with Crippen LogP contribution in [0, 0.1) is 0 Å². The third kappa shape index (κ3) is 5.41. The van der Waals surface area contributed by atoms with Crippen molar-refractivity contribution in [3.05, 3.63) is 69.8 Å². The minimum absolute atomic E-state index is 0.0149. The SMILES string of the molecule is O=C(O)c1ccc(/C(F)=C/C(c2cc(O)cc(Cl)c2)C(F)(F)F)cc1C(F)(F)F. The number of alkyl halides is 6. The van der Waals surface area contributed by atoms with E-state index in [9.17, 15) is 40.6 Å². The average Bonchev–Trinajstić information content (AvgIpc) is 2.56. The lowest BCUT2D eigenvalue weighted by Gasteiger charge is -2.18. The topological polar surface area (TPSA) is 57.5 Å². The van der Waals surface area contributed by atoms with Gasteiger partial charge in [0.05, 0.1) is 11.1 Å². The van der Waals surface area contributed by atoms with Crippen LogP contribution in [0.25, 0.3) is 5.83 Å². The number of phenolic OH excluding ortho intramolecular Hbond substituents is 1. The molecule has 3 nitrogen and oxygen atoms in total. The molecule has 2 aromatic carbocycles. The van der Waals surface area contributed by atoms with E-state index in [1.807, 2.05) is 0 Å². The number of aromatic carboxylic acids is 1. The van der Waals surface area contributed by atoms with Gasteiger partial charge in [-0.25, -0.2) is 9.18 Å².